The molecule has 0 heterocycles. The fourth-order valence-corrected chi connectivity index (χ4v) is 3.66. The fourth-order valence-electron chi connectivity index (χ4n) is 2.81. The molecule has 2 rings (SSSR count). The molecule has 0 saturated heterocycles. The van der Waals surface area contributed by atoms with Crippen molar-refractivity contribution in [1.82, 2.24) is 5.32 Å². The second kappa shape index (κ2) is 7.14. The highest BCUT2D eigenvalue weighted by Crippen LogP contribution is 2.36. The lowest BCUT2D eigenvalue weighted by Crippen LogP contribution is -2.50. The first-order chi connectivity index (χ1) is 10.7. The van der Waals surface area contributed by atoms with Gasteiger partial charge >= 0.3 is 6.09 Å². The largest absolute Gasteiger partial charge is 0.449 e. The van der Waals surface area contributed by atoms with E-state index in [1.54, 1.807) is 0 Å². The Morgan fingerprint density at radius 1 is 1.39 bits per heavy atom. The maximum absolute atomic E-state index is 12.1. The van der Waals surface area contributed by atoms with Crippen LogP contribution in [0.2, 0.25) is 5.02 Å². The maximum atomic E-state index is 12.1. The van der Waals surface area contributed by atoms with Crippen molar-refractivity contribution >= 4 is 34.0 Å². The van der Waals surface area contributed by atoms with Gasteiger partial charge in [0.25, 0.3) is 0 Å². The van der Waals surface area contributed by atoms with E-state index in [-0.39, 0.29) is 6.42 Å². The molecule has 0 spiro atoms. The number of fused-ring (bicyclic) bond motifs is 1. The third kappa shape index (κ3) is 4.88. The van der Waals surface area contributed by atoms with Crippen molar-refractivity contribution in [2.75, 3.05) is 31.1 Å². The van der Waals surface area contributed by atoms with Crippen molar-refractivity contribution in [3.8, 4) is 0 Å². The fraction of sp³-hybridized carbons (Fsp3) is 0.529. The lowest BCUT2D eigenvalue weighted by molar-refractivity contribution is -0.109. The third-order valence-electron chi connectivity index (χ3n) is 4.03. The first-order valence-electron chi connectivity index (χ1n) is 7.56. The second-order valence-electron chi connectivity index (χ2n) is 6.94. The predicted molar refractivity (Wildman–Crippen MR) is 97.0 cm³/mol. The number of halogens is 1. The summed E-state index contributed by atoms with van der Waals surface area (Å²) in [5.41, 5.74) is 1.47. The van der Waals surface area contributed by atoms with Gasteiger partial charge in [-0.25, -0.2) is 14.8 Å². The summed E-state index contributed by atoms with van der Waals surface area (Å²) >= 11 is 6.24. The van der Waals surface area contributed by atoms with Crippen LogP contribution in [0.15, 0.2) is 18.2 Å². The zero-order chi connectivity index (χ0) is 17.1. The van der Waals surface area contributed by atoms with Crippen molar-refractivity contribution < 1.29 is 14.3 Å². The van der Waals surface area contributed by atoms with Gasteiger partial charge in [0.2, 0.25) is 0 Å². The van der Waals surface area contributed by atoms with Crippen LogP contribution in [0, 0.1) is 0 Å². The van der Waals surface area contributed by atoms with E-state index in [4.69, 9.17) is 16.3 Å². The lowest BCUT2D eigenvalue weighted by Gasteiger charge is -2.29. The Kier molecular flexibility index (Phi) is 5.63. The Balaban J connectivity index is 2.02. The van der Waals surface area contributed by atoms with Crippen LogP contribution in [0.4, 0.5) is 4.79 Å². The van der Waals surface area contributed by atoms with Gasteiger partial charge in [-0.05, 0) is 48.8 Å². The van der Waals surface area contributed by atoms with Gasteiger partial charge in [-0.3, -0.25) is 0 Å². The standard InChI is InChI=1S/C17H24ClNO3S/c1-23(2,3)10-9-22-16(21)19-17(7-8-20)11-13-5-4-6-15(18)14(13)12-17/h4-6,8H,7,9-12H2,1-3H3,(H,19,21). The molecule has 1 aromatic rings. The number of amides is 1. The van der Waals surface area contributed by atoms with Gasteiger partial charge < -0.3 is 14.8 Å². The van der Waals surface area contributed by atoms with Crippen molar-refractivity contribution in [3.63, 3.8) is 0 Å². The molecule has 0 saturated carbocycles. The van der Waals surface area contributed by atoms with Crippen LogP contribution in [-0.4, -0.2) is 49.0 Å². The van der Waals surface area contributed by atoms with Crippen LogP contribution < -0.4 is 5.32 Å². The second-order valence-corrected chi connectivity index (χ2v) is 11.9. The topological polar surface area (TPSA) is 55.4 Å². The highest BCUT2D eigenvalue weighted by Gasteiger charge is 2.39. The molecule has 4 nitrogen and oxygen atoms in total. The number of benzene rings is 1. The minimum absolute atomic E-state index is 0.248. The van der Waals surface area contributed by atoms with Gasteiger partial charge in [0, 0.05) is 17.2 Å². The summed E-state index contributed by atoms with van der Waals surface area (Å²) in [6, 6.07) is 5.72. The third-order valence-corrected chi connectivity index (χ3v) is 5.78. The highest BCUT2D eigenvalue weighted by molar-refractivity contribution is 8.32. The van der Waals surface area contributed by atoms with Gasteiger partial charge in [0.05, 0.1) is 5.54 Å². The van der Waals surface area contributed by atoms with E-state index in [0.29, 0.717) is 24.5 Å². The number of ether oxygens (including phenoxy) is 1. The number of hydrogen-bond acceptors (Lipinski definition) is 3. The smallest absolute Gasteiger partial charge is 0.407 e. The van der Waals surface area contributed by atoms with Crippen LogP contribution in [0.5, 0.6) is 0 Å². The highest BCUT2D eigenvalue weighted by atomic mass is 35.5. The average molecular weight is 358 g/mol. The summed E-state index contributed by atoms with van der Waals surface area (Å²) in [5, 5.41) is 3.59. The number of nitrogens with one attached hydrogen (secondary N) is 1. The summed E-state index contributed by atoms with van der Waals surface area (Å²) in [7, 11) is -0.700. The zero-order valence-corrected chi connectivity index (χ0v) is 15.4. The predicted octanol–water partition coefficient (Wildman–Crippen LogP) is 3.19. The van der Waals surface area contributed by atoms with E-state index >= 15 is 0 Å². The number of carbonyl (C=O) groups excluding carboxylic acids is 2. The summed E-state index contributed by atoms with van der Waals surface area (Å²) in [6.45, 7) is 0.398. The van der Waals surface area contributed by atoms with Crippen LogP contribution in [0.1, 0.15) is 17.5 Å². The maximum Gasteiger partial charge on any atom is 0.407 e. The molecule has 6 heteroatoms. The Morgan fingerprint density at radius 2 is 2.13 bits per heavy atom. The molecule has 0 fully saturated rings. The van der Waals surface area contributed by atoms with E-state index in [9.17, 15) is 9.59 Å². The van der Waals surface area contributed by atoms with Gasteiger partial charge in [0.15, 0.2) is 0 Å². The van der Waals surface area contributed by atoms with Crippen molar-refractivity contribution in [3.05, 3.63) is 34.3 Å². The molecule has 1 atom stereocenters. The molecule has 23 heavy (non-hydrogen) atoms. The average Bonchev–Trinajstić information content (AvgIpc) is 2.77. The molecule has 0 radical (unpaired) electrons. The SMILES string of the molecule is CS(C)(C)CCOC(=O)NC1(CC=O)Cc2cccc(Cl)c2C1. The Hall–Kier alpha value is -1.20. The van der Waals surface area contributed by atoms with Crippen molar-refractivity contribution in [1.29, 1.82) is 0 Å². The molecule has 1 unspecified atom stereocenters. The molecule has 128 valence electrons. The van der Waals surface area contributed by atoms with Crippen LogP contribution in [-0.2, 0) is 22.4 Å². The first-order valence-corrected chi connectivity index (χ1v) is 11.0. The van der Waals surface area contributed by atoms with Gasteiger partial charge in [-0.2, -0.15) is 0 Å². The lowest BCUT2D eigenvalue weighted by atomic mass is 9.92. The number of hydrogen-bond donors (Lipinski definition) is 1. The first kappa shape index (κ1) is 18.1. The molecule has 1 amide bonds. The van der Waals surface area contributed by atoms with E-state index < -0.39 is 21.7 Å². The number of alkyl carbamates (subject to hydrolysis) is 1. The zero-order valence-electron chi connectivity index (χ0n) is 13.9. The summed E-state index contributed by atoms with van der Waals surface area (Å²) in [4.78, 5) is 23.2. The summed E-state index contributed by atoms with van der Waals surface area (Å²) in [5.74, 6) is 0.868. The minimum Gasteiger partial charge on any atom is -0.449 e. The molecule has 0 bridgehead atoms. The van der Waals surface area contributed by atoms with Crippen LogP contribution in [0.3, 0.4) is 0 Å². The van der Waals surface area contributed by atoms with E-state index in [1.807, 2.05) is 18.2 Å². The normalized spacial score (nSPS) is 20.7. The van der Waals surface area contributed by atoms with Crippen LogP contribution in [0.25, 0.3) is 0 Å². The number of aldehydes is 1. The molecule has 1 aliphatic rings. The molecular formula is C17H24ClNO3S. The van der Waals surface area contributed by atoms with E-state index in [2.05, 4.69) is 24.1 Å². The number of rotatable bonds is 6. The molecule has 1 N–H and O–H groups in total. The van der Waals surface area contributed by atoms with E-state index in [0.717, 1.165) is 23.2 Å². The Bertz CT molecular complexity index is 600. The quantitative estimate of drug-likeness (QED) is 0.795. The van der Waals surface area contributed by atoms with Gasteiger partial charge in [-0.15, -0.1) is 0 Å². The van der Waals surface area contributed by atoms with Crippen molar-refractivity contribution in [2.45, 2.75) is 24.8 Å². The van der Waals surface area contributed by atoms with Crippen LogP contribution >= 0.6 is 21.6 Å². The van der Waals surface area contributed by atoms with Crippen molar-refractivity contribution in [2.24, 2.45) is 0 Å². The molecule has 1 aromatic carbocycles. The number of carbonyl (C=O) groups is 2. The van der Waals surface area contributed by atoms with E-state index in [1.165, 1.54) is 0 Å². The molecule has 1 aliphatic carbocycles. The van der Waals surface area contributed by atoms with Gasteiger partial charge in [0.1, 0.15) is 12.9 Å². The molecule has 0 aromatic heterocycles. The monoisotopic (exact) mass is 357 g/mol. The minimum atomic E-state index is -0.700. The Morgan fingerprint density at radius 3 is 2.74 bits per heavy atom. The molecule has 0 aliphatic heterocycles. The summed E-state index contributed by atoms with van der Waals surface area (Å²) in [6.07, 6.45) is 8.32. The summed E-state index contributed by atoms with van der Waals surface area (Å²) < 4.78 is 5.30. The van der Waals surface area contributed by atoms with Gasteiger partial charge in [-0.1, -0.05) is 23.7 Å². The Labute approximate surface area is 144 Å². The molecular weight excluding hydrogens is 334 g/mol.